The molecule has 384 valence electrons. The van der Waals surface area contributed by atoms with Gasteiger partial charge in [-0.1, -0.05) is 219 Å². The van der Waals surface area contributed by atoms with E-state index in [0.29, 0.717) is 24.7 Å². The first kappa shape index (κ1) is 67.5. The molecule has 4 atom stereocenters. The van der Waals surface area contributed by atoms with Crippen molar-refractivity contribution in [2.45, 2.75) is 163 Å². The fourth-order valence-electron chi connectivity index (χ4n) is 5.43. The van der Waals surface area contributed by atoms with E-state index >= 15 is 0 Å². The van der Waals surface area contributed by atoms with Gasteiger partial charge in [-0.2, -0.15) is 0 Å². The molecule has 0 fully saturated rings. The molecule has 0 aromatic heterocycles. The lowest BCUT2D eigenvalue weighted by atomic mass is 10.1. The average molecular weight is 952 g/mol. The van der Waals surface area contributed by atoms with Crippen LogP contribution in [0.3, 0.4) is 0 Å². The van der Waals surface area contributed by atoms with Gasteiger partial charge in [-0.15, -0.1) is 0 Å². The molecule has 0 radical (unpaired) electrons. The van der Waals surface area contributed by atoms with Gasteiger partial charge in [-0.05, 0) is 85.7 Å². The molecule has 69 heavy (non-hydrogen) atoms. The van der Waals surface area contributed by atoms with Crippen LogP contribution in [-0.4, -0.2) is 30.4 Å². The van der Waals surface area contributed by atoms with Crippen molar-refractivity contribution < 1.29 is 33.4 Å². The van der Waals surface area contributed by atoms with Gasteiger partial charge in [0.2, 0.25) is 5.91 Å². The minimum atomic E-state index is -0.164. The van der Waals surface area contributed by atoms with Crippen LogP contribution in [-0.2, 0) is 36.9 Å². The zero-order valence-electron chi connectivity index (χ0n) is 46.2. The molecule has 5 aromatic carbocycles. The number of para-hydroxylation sites is 1. The standard InChI is InChI=1S/C15H16O2.C14H21NO.C13H18O2.C11H14O2.4C2H6/c1-3-11(2)15(16)17-14-9-8-12-6-4-5-7-13(12)10-14;1-5-12(4)14(16)15-9-13-7-10(2)6-11(3)8-13;1-3-11(2)13(14)15-10-9-12-7-5-4-6-8-12;1-3-9(2)11(12)13-10-7-5-4-6-8-10;4*1-2/h4-11H,3H2,1-2H3;6-8,12H,5,9H2,1-4H3,(H,15,16);4-8,11H,3,9-10H2,1-2H3;4-9H,3H2,1-2H3;4*1-2H3. The third-order valence-corrected chi connectivity index (χ3v) is 10.2. The van der Waals surface area contributed by atoms with Gasteiger partial charge < -0.3 is 19.5 Å². The van der Waals surface area contributed by atoms with Crippen LogP contribution in [0.5, 0.6) is 11.5 Å². The van der Waals surface area contributed by atoms with Crippen LogP contribution in [0.15, 0.2) is 121 Å². The van der Waals surface area contributed by atoms with Crippen LogP contribution in [0.2, 0.25) is 0 Å². The van der Waals surface area contributed by atoms with Crippen molar-refractivity contribution in [2.75, 3.05) is 6.61 Å². The molecule has 0 heterocycles. The summed E-state index contributed by atoms with van der Waals surface area (Å²) < 4.78 is 15.6. The number of esters is 3. The first-order chi connectivity index (χ1) is 33.2. The Morgan fingerprint density at radius 3 is 1.35 bits per heavy atom. The smallest absolute Gasteiger partial charge is 0.314 e. The third-order valence-electron chi connectivity index (χ3n) is 10.2. The molecule has 0 spiro atoms. The molecule has 8 nitrogen and oxygen atoms in total. The minimum Gasteiger partial charge on any atom is -0.465 e. The van der Waals surface area contributed by atoms with E-state index in [1.807, 2.05) is 202 Å². The van der Waals surface area contributed by atoms with E-state index in [2.05, 4.69) is 37.4 Å². The molecule has 8 heteroatoms. The van der Waals surface area contributed by atoms with Crippen molar-refractivity contribution in [2.24, 2.45) is 23.7 Å². The Balaban J connectivity index is -0.000000804. The van der Waals surface area contributed by atoms with Crippen molar-refractivity contribution in [3.05, 3.63) is 144 Å². The van der Waals surface area contributed by atoms with Gasteiger partial charge in [-0.25, -0.2) is 0 Å². The van der Waals surface area contributed by atoms with Gasteiger partial charge >= 0.3 is 17.9 Å². The summed E-state index contributed by atoms with van der Waals surface area (Å²) in [6, 6.07) is 39.3. The first-order valence-electron chi connectivity index (χ1n) is 25.7. The summed E-state index contributed by atoms with van der Waals surface area (Å²) in [5.74, 6) is 1.00. The topological polar surface area (TPSA) is 108 Å². The molecule has 0 saturated heterocycles. The van der Waals surface area contributed by atoms with Crippen molar-refractivity contribution >= 4 is 34.6 Å². The third kappa shape index (κ3) is 31.1. The zero-order chi connectivity index (χ0) is 53.2. The van der Waals surface area contributed by atoms with E-state index in [1.165, 1.54) is 22.3 Å². The number of ether oxygens (including phenoxy) is 3. The van der Waals surface area contributed by atoms with E-state index in [9.17, 15) is 19.2 Å². The first-order valence-corrected chi connectivity index (χ1v) is 25.7. The highest BCUT2D eigenvalue weighted by atomic mass is 16.5. The maximum atomic E-state index is 11.7. The lowest BCUT2D eigenvalue weighted by Crippen LogP contribution is -2.28. The summed E-state index contributed by atoms with van der Waals surface area (Å²) in [6.45, 7) is 36.8. The summed E-state index contributed by atoms with van der Waals surface area (Å²) in [4.78, 5) is 45.9. The van der Waals surface area contributed by atoms with Crippen LogP contribution >= 0.6 is 0 Å². The van der Waals surface area contributed by atoms with Crippen LogP contribution in [0.25, 0.3) is 10.8 Å². The number of nitrogens with one attached hydrogen (secondary N) is 1. The van der Waals surface area contributed by atoms with Gasteiger partial charge in [0.05, 0.1) is 24.4 Å². The van der Waals surface area contributed by atoms with Gasteiger partial charge in [0.25, 0.3) is 0 Å². The lowest BCUT2D eigenvalue weighted by Gasteiger charge is -2.10. The zero-order valence-corrected chi connectivity index (χ0v) is 46.2. The Bertz CT molecular complexity index is 2030. The molecule has 0 aliphatic heterocycles. The van der Waals surface area contributed by atoms with Crippen molar-refractivity contribution in [3.63, 3.8) is 0 Å². The highest BCUT2D eigenvalue weighted by Gasteiger charge is 2.14. The molecule has 4 unspecified atom stereocenters. The Hall–Kier alpha value is -5.76. The Kier molecular flexibility index (Phi) is 42.6. The second kappa shape index (κ2) is 43.5. The van der Waals surface area contributed by atoms with E-state index in [-0.39, 0.29) is 47.5 Å². The number of carbonyl (C=O) groups is 4. The summed E-state index contributed by atoms with van der Waals surface area (Å²) in [5.41, 5.74) is 4.86. The number of rotatable bonds is 15. The Labute approximate surface area is 420 Å². The predicted molar refractivity (Wildman–Crippen MR) is 294 cm³/mol. The van der Waals surface area contributed by atoms with E-state index in [4.69, 9.17) is 14.2 Å². The number of hydrogen-bond donors (Lipinski definition) is 1. The predicted octanol–water partition coefficient (Wildman–Crippen LogP) is 16.3. The molecular formula is C61H93NO7. The number of amides is 1. The van der Waals surface area contributed by atoms with Crippen molar-refractivity contribution in [1.29, 1.82) is 0 Å². The molecule has 0 saturated carbocycles. The van der Waals surface area contributed by atoms with E-state index < -0.39 is 0 Å². The summed E-state index contributed by atoms with van der Waals surface area (Å²) in [6.07, 6.45) is 4.13. The highest BCUT2D eigenvalue weighted by Crippen LogP contribution is 2.22. The maximum Gasteiger partial charge on any atom is 0.314 e. The van der Waals surface area contributed by atoms with Gasteiger partial charge in [0.15, 0.2) is 0 Å². The Morgan fingerprint density at radius 1 is 0.449 bits per heavy atom. The number of hydrogen-bond acceptors (Lipinski definition) is 7. The average Bonchev–Trinajstić information content (AvgIpc) is 3.40. The van der Waals surface area contributed by atoms with Gasteiger partial charge in [-0.3, -0.25) is 19.2 Å². The molecule has 5 rings (SSSR count). The SMILES string of the molecule is CC.CC.CC.CC.CCC(C)C(=O)NCc1cc(C)cc(C)c1.CCC(C)C(=O)OCCc1ccccc1.CCC(C)C(=O)Oc1ccc2ccccc2c1.CCC(C)C(=O)Oc1ccccc1. The largest absolute Gasteiger partial charge is 0.465 e. The summed E-state index contributed by atoms with van der Waals surface area (Å²) in [7, 11) is 0. The fraction of sp³-hybridized carbons (Fsp3) is 0.475. The Morgan fingerprint density at radius 2 is 0.870 bits per heavy atom. The number of carbonyl (C=O) groups excluding carboxylic acids is 4. The van der Waals surface area contributed by atoms with Crippen LogP contribution in [0.1, 0.15) is 159 Å². The maximum absolute atomic E-state index is 11.7. The normalized spacial score (nSPS) is 11.2. The minimum absolute atomic E-state index is 0.0146. The molecule has 0 aliphatic carbocycles. The molecule has 0 aliphatic rings. The summed E-state index contributed by atoms with van der Waals surface area (Å²) in [5, 5.41) is 5.20. The molecule has 1 amide bonds. The molecule has 1 N–H and O–H groups in total. The van der Waals surface area contributed by atoms with Crippen LogP contribution in [0.4, 0.5) is 0 Å². The van der Waals surface area contributed by atoms with Crippen molar-refractivity contribution in [3.8, 4) is 11.5 Å². The van der Waals surface area contributed by atoms with Crippen LogP contribution in [0, 0.1) is 37.5 Å². The second-order valence-electron chi connectivity index (χ2n) is 15.5. The molecule has 0 bridgehead atoms. The van der Waals surface area contributed by atoms with Crippen LogP contribution < -0.4 is 14.8 Å². The number of aryl methyl sites for hydroxylation is 2. The number of benzene rings is 5. The van der Waals surface area contributed by atoms with Gasteiger partial charge in [0, 0.05) is 18.9 Å². The molecular weight excluding hydrogens is 859 g/mol. The second-order valence-corrected chi connectivity index (χ2v) is 15.5. The van der Waals surface area contributed by atoms with Crippen molar-refractivity contribution in [1.82, 2.24) is 5.32 Å². The highest BCUT2D eigenvalue weighted by molar-refractivity contribution is 5.85. The monoisotopic (exact) mass is 952 g/mol. The quantitative estimate of drug-likeness (QED) is 0.0822. The van der Waals surface area contributed by atoms with E-state index in [0.717, 1.165) is 42.9 Å². The number of fused-ring (bicyclic) bond motifs is 1. The molecule has 5 aromatic rings. The van der Waals surface area contributed by atoms with E-state index in [1.54, 1.807) is 12.1 Å². The fourth-order valence-corrected chi connectivity index (χ4v) is 5.43. The van der Waals surface area contributed by atoms with Gasteiger partial charge in [0.1, 0.15) is 11.5 Å². The summed E-state index contributed by atoms with van der Waals surface area (Å²) >= 11 is 0. The lowest BCUT2D eigenvalue weighted by molar-refractivity contribution is -0.148.